The van der Waals surface area contributed by atoms with Crippen LogP contribution >= 0.6 is 27.7 Å². The second-order valence-electron chi connectivity index (χ2n) is 5.18. The largest absolute Gasteiger partial charge is 0.468 e. The lowest BCUT2D eigenvalue weighted by atomic mass is 9.98. The van der Waals surface area contributed by atoms with Crippen molar-refractivity contribution in [2.75, 3.05) is 12.9 Å². The van der Waals surface area contributed by atoms with Crippen molar-refractivity contribution in [3.8, 4) is 0 Å². The van der Waals surface area contributed by atoms with Gasteiger partial charge in [-0.3, -0.25) is 10.1 Å². The number of esters is 1. The van der Waals surface area contributed by atoms with E-state index in [0.717, 1.165) is 16.6 Å². The van der Waals surface area contributed by atoms with E-state index in [0.29, 0.717) is 0 Å². The van der Waals surface area contributed by atoms with Crippen LogP contribution in [0.5, 0.6) is 0 Å². The zero-order chi connectivity index (χ0) is 15.2. The molecule has 0 radical (unpaired) electrons. The number of rotatable bonds is 7. The number of halogens is 1. The van der Waals surface area contributed by atoms with Gasteiger partial charge in [0.2, 0.25) is 0 Å². The highest BCUT2D eigenvalue weighted by molar-refractivity contribution is 9.10. The molecule has 1 unspecified atom stereocenters. The summed E-state index contributed by atoms with van der Waals surface area (Å²) in [5, 5.41) is 3.31. The molecule has 0 aliphatic rings. The molecule has 1 rings (SSSR count). The smallest absolute Gasteiger partial charge is 0.325 e. The molecule has 0 heterocycles. The van der Waals surface area contributed by atoms with Gasteiger partial charge >= 0.3 is 5.97 Å². The number of ether oxygens (including phenoxy) is 1. The van der Waals surface area contributed by atoms with E-state index in [4.69, 9.17) is 4.74 Å². The molecule has 0 aromatic heterocycles. The van der Waals surface area contributed by atoms with Crippen LogP contribution in [0.1, 0.15) is 27.2 Å². The average Bonchev–Trinajstić information content (AvgIpc) is 2.37. The summed E-state index contributed by atoms with van der Waals surface area (Å²) in [4.78, 5) is 13.2. The number of thioether (sulfide) groups is 1. The molecular weight excluding hydrogens is 338 g/mol. The van der Waals surface area contributed by atoms with E-state index in [-0.39, 0.29) is 12.0 Å². The van der Waals surface area contributed by atoms with Crippen LogP contribution in [0.3, 0.4) is 0 Å². The van der Waals surface area contributed by atoms with Gasteiger partial charge in [-0.2, -0.15) is 0 Å². The molecule has 0 spiro atoms. The van der Waals surface area contributed by atoms with Gasteiger partial charge in [0.25, 0.3) is 0 Å². The molecule has 0 bridgehead atoms. The van der Waals surface area contributed by atoms with Crippen LogP contribution in [0.2, 0.25) is 0 Å². The van der Waals surface area contributed by atoms with Gasteiger partial charge in [0.15, 0.2) is 0 Å². The second-order valence-corrected chi connectivity index (χ2v) is 7.26. The van der Waals surface area contributed by atoms with Crippen LogP contribution < -0.4 is 5.32 Å². The SMILES string of the molecule is COC(=O)C(C)(CCSc1cccc(Br)c1)NC(C)C. The topological polar surface area (TPSA) is 38.3 Å². The quantitative estimate of drug-likeness (QED) is 0.592. The Hall–Kier alpha value is -0.520. The Morgan fingerprint density at radius 1 is 1.50 bits per heavy atom. The molecule has 0 aliphatic carbocycles. The highest BCUT2D eigenvalue weighted by Gasteiger charge is 2.34. The molecule has 0 saturated heterocycles. The van der Waals surface area contributed by atoms with Crippen molar-refractivity contribution >= 4 is 33.7 Å². The Labute approximate surface area is 134 Å². The van der Waals surface area contributed by atoms with E-state index in [1.165, 1.54) is 12.0 Å². The Balaban J connectivity index is 2.60. The number of carbonyl (C=O) groups is 1. The Bertz CT molecular complexity index is 453. The van der Waals surface area contributed by atoms with Gasteiger partial charge in [-0.25, -0.2) is 0 Å². The predicted octanol–water partition coefficient (Wildman–Crippen LogP) is 3.86. The third-order valence-corrected chi connectivity index (χ3v) is 4.40. The van der Waals surface area contributed by atoms with Crippen molar-refractivity contribution in [1.29, 1.82) is 0 Å². The van der Waals surface area contributed by atoms with Crippen LogP contribution in [0.4, 0.5) is 0 Å². The minimum Gasteiger partial charge on any atom is -0.468 e. The third kappa shape index (κ3) is 5.46. The Kier molecular flexibility index (Phi) is 7.06. The maximum atomic E-state index is 12.0. The van der Waals surface area contributed by atoms with Gasteiger partial charge in [-0.1, -0.05) is 22.0 Å². The zero-order valence-corrected chi connectivity index (χ0v) is 14.8. The number of methoxy groups -OCH3 is 1. The van der Waals surface area contributed by atoms with E-state index >= 15 is 0 Å². The molecule has 0 saturated carbocycles. The summed E-state index contributed by atoms with van der Waals surface area (Å²) < 4.78 is 5.99. The monoisotopic (exact) mass is 359 g/mol. The van der Waals surface area contributed by atoms with E-state index in [9.17, 15) is 4.79 Å². The minimum absolute atomic E-state index is 0.207. The normalized spacial score (nSPS) is 14.1. The summed E-state index contributed by atoms with van der Waals surface area (Å²) in [5.41, 5.74) is -0.637. The number of carbonyl (C=O) groups excluding carboxylic acids is 1. The fourth-order valence-corrected chi connectivity index (χ4v) is 3.71. The molecule has 1 atom stereocenters. The standard InChI is InChI=1S/C15H22BrNO2S/c1-11(2)17-15(3,14(18)19-4)8-9-20-13-7-5-6-12(16)10-13/h5-7,10-11,17H,8-9H2,1-4H3. The molecule has 0 amide bonds. The molecule has 1 N–H and O–H groups in total. The maximum absolute atomic E-state index is 12.0. The highest BCUT2D eigenvalue weighted by atomic mass is 79.9. The first-order valence-corrected chi connectivity index (χ1v) is 8.40. The molecular formula is C15H22BrNO2S. The summed E-state index contributed by atoms with van der Waals surface area (Å²) in [7, 11) is 1.43. The number of benzene rings is 1. The third-order valence-electron chi connectivity index (χ3n) is 2.91. The van der Waals surface area contributed by atoms with E-state index < -0.39 is 5.54 Å². The fraction of sp³-hybridized carbons (Fsp3) is 0.533. The van der Waals surface area contributed by atoms with Crippen molar-refractivity contribution in [3.63, 3.8) is 0 Å². The van der Waals surface area contributed by atoms with Crippen LogP contribution in [0, 0.1) is 0 Å². The summed E-state index contributed by atoms with van der Waals surface area (Å²) in [6, 6.07) is 8.40. The molecule has 112 valence electrons. The molecule has 1 aromatic carbocycles. The van der Waals surface area contributed by atoms with Crippen molar-refractivity contribution in [1.82, 2.24) is 5.32 Å². The van der Waals surface area contributed by atoms with Gasteiger partial charge in [0, 0.05) is 21.2 Å². The number of hydrogen-bond donors (Lipinski definition) is 1. The van der Waals surface area contributed by atoms with Gasteiger partial charge in [-0.05, 0) is 45.4 Å². The van der Waals surface area contributed by atoms with Crippen LogP contribution in [-0.2, 0) is 9.53 Å². The lowest BCUT2D eigenvalue weighted by molar-refractivity contribution is -0.148. The maximum Gasteiger partial charge on any atom is 0.325 e. The Morgan fingerprint density at radius 2 is 2.20 bits per heavy atom. The molecule has 0 aliphatic heterocycles. The van der Waals surface area contributed by atoms with Crippen LogP contribution in [0.15, 0.2) is 33.6 Å². The fourth-order valence-electron chi connectivity index (χ4n) is 2.03. The number of hydrogen-bond acceptors (Lipinski definition) is 4. The summed E-state index contributed by atoms with van der Waals surface area (Å²) in [6.07, 6.45) is 0.717. The van der Waals surface area contributed by atoms with E-state index in [1.54, 1.807) is 11.8 Å². The van der Waals surface area contributed by atoms with Crippen molar-refractivity contribution in [2.45, 2.75) is 43.7 Å². The van der Waals surface area contributed by atoms with Crippen molar-refractivity contribution < 1.29 is 9.53 Å². The lowest BCUT2D eigenvalue weighted by Gasteiger charge is -2.30. The van der Waals surface area contributed by atoms with Crippen LogP contribution in [0.25, 0.3) is 0 Å². The van der Waals surface area contributed by atoms with Crippen molar-refractivity contribution in [3.05, 3.63) is 28.7 Å². The highest BCUT2D eigenvalue weighted by Crippen LogP contribution is 2.25. The minimum atomic E-state index is -0.637. The molecule has 1 aromatic rings. The zero-order valence-electron chi connectivity index (χ0n) is 12.4. The molecule has 0 fully saturated rings. The summed E-state index contributed by atoms with van der Waals surface area (Å²) in [5.74, 6) is 0.642. The molecule has 3 nitrogen and oxygen atoms in total. The van der Waals surface area contributed by atoms with Gasteiger partial charge in [0.05, 0.1) is 7.11 Å². The van der Waals surface area contributed by atoms with Crippen LogP contribution in [-0.4, -0.2) is 30.4 Å². The van der Waals surface area contributed by atoms with E-state index in [2.05, 4.69) is 33.4 Å². The Morgan fingerprint density at radius 3 is 2.75 bits per heavy atom. The van der Waals surface area contributed by atoms with Gasteiger partial charge < -0.3 is 4.74 Å². The summed E-state index contributed by atoms with van der Waals surface area (Å²) in [6.45, 7) is 5.96. The second kappa shape index (κ2) is 8.05. The first-order valence-electron chi connectivity index (χ1n) is 6.62. The molecule has 20 heavy (non-hydrogen) atoms. The first-order chi connectivity index (χ1) is 9.37. The van der Waals surface area contributed by atoms with E-state index in [1.807, 2.05) is 32.9 Å². The van der Waals surface area contributed by atoms with Gasteiger partial charge in [0.1, 0.15) is 5.54 Å². The summed E-state index contributed by atoms with van der Waals surface area (Å²) >= 11 is 5.20. The number of nitrogens with one attached hydrogen (secondary N) is 1. The predicted molar refractivity (Wildman–Crippen MR) is 88.2 cm³/mol. The van der Waals surface area contributed by atoms with Gasteiger partial charge in [-0.15, -0.1) is 11.8 Å². The molecule has 5 heteroatoms. The van der Waals surface area contributed by atoms with Crippen molar-refractivity contribution in [2.24, 2.45) is 0 Å². The first kappa shape index (κ1) is 17.5. The average molecular weight is 360 g/mol. The lowest BCUT2D eigenvalue weighted by Crippen LogP contribution is -2.53.